The summed E-state index contributed by atoms with van der Waals surface area (Å²) in [5.41, 5.74) is 3.31. The van der Waals surface area contributed by atoms with Gasteiger partial charge in [-0.2, -0.15) is 0 Å². The molecule has 3 aromatic rings. The SMILES string of the molecule is CCCCCCCC(=O)N(c1ccccc1)C1CC(C)N(C(=O)/C=C/c2ccc([N+](=O)[O-])cc2)c2ccccc21. The first-order chi connectivity index (χ1) is 19.4. The van der Waals surface area contributed by atoms with E-state index in [1.165, 1.54) is 31.1 Å². The lowest BCUT2D eigenvalue weighted by Crippen LogP contribution is -2.47. The standard InChI is InChI=1S/C33H37N3O4/c1-3-4-5-6-10-17-32(37)35(27-13-8-7-9-14-27)31-24-25(2)34(30-16-12-11-15-29(30)31)33(38)23-20-26-18-21-28(22-19-26)36(39)40/h7-9,11-16,18-23,25,31H,3-6,10,17,24H2,1-2H3/b23-20+. The number of benzene rings is 3. The molecule has 2 unspecified atom stereocenters. The summed E-state index contributed by atoms with van der Waals surface area (Å²) < 4.78 is 0. The van der Waals surface area contributed by atoms with Gasteiger partial charge in [-0.3, -0.25) is 19.7 Å². The van der Waals surface area contributed by atoms with Gasteiger partial charge in [0.15, 0.2) is 0 Å². The maximum atomic E-state index is 13.7. The Balaban J connectivity index is 1.60. The summed E-state index contributed by atoms with van der Waals surface area (Å²) in [5, 5.41) is 10.9. The first-order valence-electron chi connectivity index (χ1n) is 14.1. The van der Waals surface area contributed by atoms with Gasteiger partial charge in [0.2, 0.25) is 5.91 Å². The predicted molar refractivity (Wildman–Crippen MR) is 160 cm³/mol. The normalized spacial score (nSPS) is 16.5. The molecule has 0 N–H and O–H groups in total. The summed E-state index contributed by atoms with van der Waals surface area (Å²) in [6, 6.07) is 23.4. The monoisotopic (exact) mass is 539 g/mol. The van der Waals surface area contributed by atoms with Crippen molar-refractivity contribution in [3.05, 3.63) is 106 Å². The van der Waals surface area contributed by atoms with E-state index in [-0.39, 0.29) is 29.6 Å². The van der Waals surface area contributed by atoms with Gasteiger partial charge in [0.1, 0.15) is 0 Å². The van der Waals surface area contributed by atoms with Crippen LogP contribution in [0.2, 0.25) is 0 Å². The summed E-state index contributed by atoms with van der Waals surface area (Å²) >= 11 is 0. The number of carbonyl (C=O) groups excluding carboxylic acids is 2. The summed E-state index contributed by atoms with van der Waals surface area (Å²) in [7, 11) is 0. The molecule has 40 heavy (non-hydrogen) atoms. The number of non-ortho nitro benzene ring substituents is 1. The second kappa shape index (κ2) is 13.7. The summed E-state index contributed by atoms with van der Waals surface area (Å²) in [6.45, 7) is 4.20. The van der Waals surface area contributed by atoms with Gasteiger partial charge in [-0.25, -0.2) is 0 Å². The number of fused-ring (bicyclic) bond motifs is 1. The van der Waals surface area contributed by atoms with Crippen LogP contribution in [0.3, 0.4) is 0 Å². The third-order valence-corrected chi connectivity index (χ3v) is 7.43. The minimum absolute atomic E-state index is 0.00609. The number of amides is 2. The highest BCUT2D eigenvalue weighted by Gasteiger charge is 2.37. The van der Waals surface area contributed by atoms with Gasteiger partial charge in [0.25, 0.3) is 11.6 Å². The lowest BCUT2D eigenvalue weighted by Gasteiger charge is -2.43. The van der Waals surface area contributed by atoms with E-state index in [1.54, 1.807) is 23.1 Å². The van der Waals surface area contributed by atoms with Gasteiger partial charge in [-0.1, -0.05) is 69.0 Å². The maximum absolute atomic E-state index is 13.7. The Bertz CT molecular complexity index is 1340. The van der Waals surface area contributed by atoms with Gasteiger partial charge in [0, 0.05) is 42.0 Å². The Labute approximate surface area is 236 Å². The van der Waals surface area contributed by atoms with Crippen LogP contribution in [0.15, 0.2) is 84.9 Å². The number of rotatable bonds is 11. The number of hydrogen-bond donors (Lipinski definition) is 0. The number of carbonyl (C=O) groups is 2. The smallest absolute Gasteiger partial charge is 0.269 e. The van der Waals surface area contributed by atoms with Crippen molar-refractivity contribution < 1.29 is 14.5 Å². The van der Waals surface area contributed by atoms with Crippen LogP contribution in [0, 0.1) is 10.1 Å². The molecule has 4 rings (SSSR count). The Morgan fingerprint density at radius 3 is 2.33 bits per heavy atom. The second-order valence-corrected chi connectivity index (χ2v) is 10.3. The van der Waals surface area contributed by atoms with E-state index in [4.69, 9.17) is 0 Å². The van der Waals surface area contributed by atoms with Crippen molar-refractivity contribution in [2.45, 2.75) is 70.9 Å². The molecule has 0 bridgehead atoms. The zero-order chi connectivity index (χ0) is 28.5. The van der Waals surface area contributed by atoms with Crippen molar-refractivity contribution >= 4 is 35.0 Å². The molecular formula is C33H37N3O4. The lowest BCUT2D eigenvalue weighted by molar-refractivity contribution is -0.384. The molecule has 7 nitrogen and oxygen atoms in total. The molecule has 2 atom stereocenters. The molecule has 1 heterocycles. The molecular weight excluding hydrogens is 502 g/mol. The molecule has 7 heteroatoms. The van der Waals surface area contributed by atoms with E-state index in [0.29, 0.717) is 18.4 Å². The number of nitro groups is 1. The first kappa shape index (κ1) is 28.7. The molecule has 0 aromatic heterocycles. The van der Waals surface area contributed by atoms with Crippen LogP contribution < -0.4 is 9.80 Å². The number of anilines is 2. The first-order valence-corrected chi connectivity index (χ1v) is 14.1. The van der Waals surface area contributed by atoms with Gasteiger partial charge >= 0.3 is 0 Å². The van der Waals surface area contributed by atoms with Crippen LogP contribution in [-0.4, -0.2) is 22.8 Å². The topological polar surface area (TPSA) is 83.8 Å². The third-order valence-electron chi connectivity index (χ3n) is 7.43. The van der Waals surface area contributed by atoms with E-state index in [2.05, 4.69) is 6.92 Å². The number of para-hydroxylation sites is 2. The largest absolute Gasteiger partial charge is 0.306 e. The van der Waals surface area contributed by atoms with Crippen LogP contribution >= 0.6 is 0 Å². The Morgan fingerprint density at radius 2 is 1.62 bits per heavy atom. The second-order valence-electron chi connectivity index (χ2n) is 10.3. The fourth-order valence-corrected chi connectivity index (χ4v) is 5.40. The average molecular weight is 540 g/mol. The van der Waals surface area contributed by atoms with E-state index in [0.717, 1.165) is 36.2 Å². The van der Waals surface area contributed by atoms with Crippen LogP contribution in [0.5, 0.6) is 0 Å². The summed E-state index contributed by atoms with van der Waals surface area (Å²) in [6.07, 6.45) is 9.68. The van der Waals surface area contributed by atoms with Crippen LogP contribution in [-0.2, 0) is 9.59 Å². The van der Waals surface area contributed by atoms with Gasteiger partial charge in [0.05, 0.1) is 11.0 Å². The Hall–Kier alpha value is -4.26. The van der Waals surface area contributed by atoms with Crippen molar-refractivity contribution in [1.82, 2.24) is 0 Å². The Kier molecular flexibility index (Phi) is 9.84. The molecule has 0 aliphatic carbocycles. The average Bonchev–Trinajstić information content (AvgIpc) is 2.97. The number of nitrogens with zero attached hydrogens (tertiary/aromatic N) is 3. The molecule has 208 valence electrons. The van der Waals surface area contributed by atoms with Gasteiger partial charge < -0.3 is 9.80 Å². The molecule has 0 saturated heterocycles. The molecule has 0 spiro atoms. The van der Waals surface area contributed by atoms with Crippen LogP contribution in [0.25, 0.3) is 6.08 Å². The molecule has 3 aromatic carbocycles. The summed E-state index contributed by atoms with van der Waals surface area (Å²) in [4.78, 5) is 41.4. The molecule has 0 saturated carbocycles. The van der Waals surface area contributed by atoms with Crippen molar-refractivity contribution in [1.29, 1.82) is 0 Å². The molecule has 1 aliphatic rings. The highest BCUT2D eigenvalue weighted by molar-refractivity contribution is 6.05. The van der Waals surface area contributed by atoms with Crippen molar-refractivity contribution in [3.63, 3.8) is 0 Å². The van der Waals surface area contributed by atoms with E-state index in [9.17, 15) is 19.7 Å². The van der Waals surface area contributed by atoms with Crippen LogP contribution in [0.1, 0.15) is 76.0 Å². The number of nitro benzene ring substituents is 1. The number of hydrogen-bond acceptors (Lipinski definition) is 4. The maximum Gasteiger partial charge on any atom is 0.269 e. The minimum atomic E-state index is -0.447. The van der Waals surface area contributed by atoms with Crippen LogP contribution in [0.4, 0.5) is 17.1 Å². The zero-order valence-corrected chi connectivity index (χ0v) is 23.2. The highest BCUT2D eigenvalue weighted by atomic mass is 16.6. The quantitative estimate of drug-likeness (QED) is 0.107. The zero-order valence-electron chi connectivity index (χ0n) is 23.2. The third kappa shape index (κ3) is 6.84. The van der Waals surface area contributed by atoms with Crippen molar-refractivity contribution in [2.24, 2.45) is 0 Å². The fraction of sp³-hybridized carbons (Fsp3) is 0.333. The van der Waals surface area contributed by atoms with Gasteiger partial charge in [-0.15, -0.1) is 0 Å². The van der Waals surface area contributed by atoms with Crippen molar-refractivity contribution in [3.8, 4) is 0 Å². The minimum Gasteiger partial charge on any atom is -0.306 e. The van der Waals surface area contributed by atoms with Gasteiger partial charge in [-0.05, 0) is 67.3 Å². The molecule has 2 amide bonds. The van der Waals surface area contributed by atoms with E-state index < -0.39 is 4.92 Å². The fourth-order valence-electron chi connectivity index (χ4n) is 5.40. The summed E-state index contributed by atoms with van der Waals surface area (Å²) in [5.74, 6) is -0.0715. The Morgan fingerprint density at radius 1 is 0.950 bits per heavy atom. The highest BCUT2D eigenvalue weighted by Crippen LogP contribution is 2.42. The van der Waals surface area contributed by atoms with Crippen molar-refractivity contribution in [2.75, 3.05) is 9.80 Å². The van der Waals surface area contributed by atoms with E-state index in [1.807, 2.05) is 66.4 Å². The van der Waals surface area contributed by atoms with E-state index >= 15 is 0 Å². The molecule has 1 aliphatic heterocycles. The molecule has 0 fully saturated rings. The lowest BCUT2D eigenvalue weighted by atomic mass is 9.89. The molecule has 0 radical (unpaired) electrons. The number of unbranched alkanes of at least 4 members (excludes halogenated alkanes) is 4. The predicted octanol–water partition coefficient (Wildman–Crippen LogP) is 7.87.